The van der Waals surface area contributed by atoms with Crippen LogP contribution in [0.2, 0.25) is 5.02 Å². The minimum atomic E-state index is -1.12. The second kappa shape index (κ2) is 11.8. The summed E-state index contributed by atoms with van der Waals surface area (Å²) in [5.41, 5.74) is 0.725. The van der Waals surface area contributed by atoms with Gasteiger partial charge >= 0.3 is 0 Å². The van der Waals surface area contributed by atoms with E-state index in [0.717, 1.165) is 11.1 Å². The molecule has 0 radical (unpaired) electrons. The van der Waals surface area contributed by atoms with Crippen LogP contribution in [0.5, 0.6) is 5.75 Å². The molecule has 2 amide bonds. The number of morpholine rings is 1. The molecular weight excluding hydrogens is 495 g/mol. The highest BCUT2D eigenvalue weighted by atomic mass is 35.5. The Morgan fingerprint density at radius 3 is 2.57 bits per heavy atom. The second-order valence-corrected chi connectivity index (χ2v) is 9.76. The molecule has 194 valence electrons. The molecule has 1 aliphatic rings. The van der Waals surface area contributed by atoms with Gasteiger partial charge in [0, 0.05) is 25.2 Å². The molecule has 1 fully saturated rings. The molecule has 0 aromatic heterocycles. The van der Waals surface area contributed by atoms with E-state index in [1.807, 2.05) is 43.3 Å². The smallest absolute Gasteiger partial charge is 0.257 e. The summed E-state index contributed by atoms with van der Waals surface area (Å²) in [7, 11) is 1.73. The van der Waals surface area contributed by atoms with Gasteiger partial charge in [-0.1, -0.05) is 54.1 Å². The summed E-state index contributed by atoms with van der Waals surface area (Å²) < 4.78 is 26.6. The third kappa shape index (κ3) is 6.67. The Bertz CT molecular complexity index is 1260. The molecule has 4 rings (SSSR count). The molecule has 0 saturated carbocycles. The lowest BCUT2D eigenvalue weighted by Gasteiger charge is -2.42. The van der Waals surface area contributed by atoms with Crippen molar-refractivity contribution in [2.75, 3.05) is 33.4 Å². The zero-order chi connectivity index (χ0) is 26.4. The minimum absolute atomic E-state index is 0.00996. The Kier molecular flexibility index (Phi) is 8.46. The molecule has 1 heterocycles. The number of hydrogen-bond acceptors (Lipinski definition) is 4. The standard InChI is InChI=1S/C29H30ClFN2O4/c1-21-16-23(12-13-25(21)30)36-20-29(17-27(34)32(2)18-22-8-4-3-5-9-22)19-33(14-15-37-29)28(35)24-10-6-7-11-26(24)31/h3-13,16H,14-15,17-20H2,1-2H3. The van der Waals surface area contributed by atoms with Crippen LogP contribution in [0.4, 0.5) is 4.39 Å². The first-order valence-corrected chi connectivity index (χ1v) is 12.5. The van der Waals surface area contributed by atoms with Crippen LogP contribution < -0.4 is 4.74 Å². The average molecular weight is 525 g/mol. The highest BCUT2D eigenvalue weighted by molar-refractivity contribution is 6.31. The minimum Gasteiger partial charge on any atom is -0.490 e. The first-order chi connectivity index (χ1) is 17.8. The van der Waals surface area contributed by atoms with Crippen LogP contribution in [0.15, 0.2) is 72.8 Å². The maximum Gasteiger partial charge on any atom is 0.257 e. The van der Waals surface area contributed by atoms with Crippen molar-refractivity contribution in [3.05, 3.63) is 100 Å². The summed E-state index contributed by atoms with van der Waals surface area (Å²) in [5.74, 6) is -0.609. The van der Waals surface area contributed by atoms with Gasteiger partial charge in [0.15, 0.2) is 0 Å². The van der Waals surface area contributed by atoms with E-state index >= 15 is 0 Å². The summed E-state index contributed by atoms with van der Waals surface area (Å²) in [6.45, 7) is 2.89. The van der Waals surface area contributed by atoms with Crippen LogP contribution in [0.25, 0.3) is 0 Å². The zero-order valence-electron chi connectivity index (χ0n) is 21.0. The lowest BCUT2D eigenvalue weighted by Crippen LogP contribution is -2.58. The van der Waals surface area contributed by atoms with Gasteiger partial charge in [-0.25, -0.2) is 4.39 Å². The van der Waals surface area contributed by atoms with Gasteiger partial charge < -0.3 is 19.3 Å². The van der Waals surface area contributed by atoms with Gasteiger partial charge in [0.05, 0.1) is 25.1 Å². The molecule has 0 aliphatic carbocycles. The van der Waals surface area contributed by atoms with Crippen LogP contribution in [-0.4, -0.2) is 60.6 Å². The fourth-order valence-electron chi connectivity index (χ4n) is 4.35. The number of hydrogen-bond donors (Lipinski definition) is 0. The third-order valence-electron chi connectivity index (χ3n) is 6.43. The number of amides is 2. The van der Waals surface area contributed by atoms with Gasteiger partial charge in [-0.3, -0.25) is 9.59 Å². The number of nitrogens with zero attached hydrogens (tertiary/aromatic N) is 2. The highest BCUT2D eigenvalue weighted by Gasteiger charge is 2.42. The number of ether oxygens (including phenoxy) is 2. The average Bonchev–Trinajstić information content (AvgIpc) is 2.90. The molecule has 37 heavy (non-hydrogen) atoms. The van der Waals surface area contributed by atoms with Crippen LogP contribution >= 0.6 is 11.6 Å². The molecule has 3 aromatic carbocycles. The molecule has 1 atom stereocenters. The number of carbonyl (C=O) groups excluding carboxylic acids is 2. The number of halogens is 2. The SMILES string of the molecule is Cc1cc(OCC2(CC(=O)N(C)Cc3ccccc3)CN(C(=O)c3ccccc3F)CCO2)ccc1Cl. The van der Waals surface area contributed by atoms with Crippen molar-refractivity contribution in [2.24, 2.45) is 0 Å². The summed E-state index contributed by atoms with van der Waals surface area (Å²) in [4.78, 5) is 29.7. The van der Waals surface area contributed by atoms with E-state index in [-0.39, 0.29) is 44.2 Å². The van der Waals surface area contributed by atoms with Crippen LogP contribution in [-0.2, 0) is 16.1 Å². The van der Waals surface area contributed by atoms with Crippen LogP contribution in [0.3, 0.4) is 0 Å². The highest BCUT2D eigenvalue weighted by Crippen LogP contribution is 2.28. The van der Waals surface area contributed by atoms with Crippen molar-refractivity contribution in [3.8, 4) is 5.75 Å². The Labute approximate surface area is 221 Å². The predicted octanol–water partition coefficient (Wildman–Crippen LogP) is 5.13. The molecule has 6 nitrogen and oxygen atoms in total. The van der Waals surface area contributed by atoms with E-state index in [9.17, 15) is 14.0 Å². The third-order valence-corrected chi connectivity index (χ3v) is 6.86. The maximum absolute atomic E-state index is 14.4. The van der Waals surface area contributed by atoms with Crippen molar-refractivity contribution in [1.82, 2.24) is 9.80 Å². The molecule has 0 N–H and O–H groups in total. The van der Waals surface area contributed by atoms with Crippen molar-refractivity contribution >= 4 is 23.4 Å². The quantitative estimate of drug-likeness (QED) is 0.410. The molecule has 1 unspecified atom stereocenters. The van der Waals surface area contributed by atoms with Crippen LogP contribution in [0, 0.1) is 12.7 Å². The summed E-state index contributed by atoms with van der Waals surface area (Å²) in [6.07, 6.45) is -0.00996. The topological polar surface area (TPSA) is 59.1 Å². The van der Waals surface area contributed by atoms with E-state index in [4.69, 9.17) is 21.1 Å². The molecule has 3 aromatic rings. The molecule has 1 aliphatic heterocycles. The largest absolute Gasteiger partial charge is 0.490 e. The first kappa shape index (κ1) is 26.6. The van der Waals surface area contributed by atoms with E-state index < -0.39 is 17.3 Å². The Hall–Kier alpha value is -3.42. The summed E-state index contributed by atoms with van der Waals surface area (Å²) >= 11 is 6.15. The van der Waals surface area contributed by atoms with E-state index in [2.05, 4.69) is 0 Å². The molecular formula is C29H30ClFN2O4. The Morgan fingerprint density at radius 1 is 1.11 bits per heavy atom. The Balaban J connectivity index is 1.55. The normalized spacial score (nSPS) is 17.4. The van der Waals surface area contributed by atoms with E-state index in [0.29, 0.717) is 17.3 Å². The van der Waals surface area contributed by atoms with Gasteiger partial charge in [-0.15, -0.1) is 0 Å². The van der Waals surface area contributed by atoms with E-state index in [1.54, 1.807) is 36.2 Å². The monoisotopic (exact) mass is 524 g/mol. The molecule has 0 spiro atoms. The molecule has 1 saturated heterocycles. The first-order valence-electron chi connectivity index (χ1n) is 12.1. The fraction of sp³-hybridized carbons (Fsp3) is 0.310. The zero-order valence-corrected chi connectivity index (χ0v) is 21.7. The molecule has 0 bridgehead atoms. The van der Waals surface area contributed by atoms with E-state index in [1.165, 1.54) is 17.0 Å². The van der Waals surface area contributed by atoms with Crippen molar-refractivity contribution < 1.29 is 23.5 Å². The number of rotatable bonds is 8. The number of carbonyl (C=O) groups is 2. The van der Waals surface area contributed by atoms with Gasteiger partial charge in [-0.05, 0) is 48.4 Å². The van der Waals surface area contributed by atoms with Gasteiger partial charge in [0.25, 0.3) is 5.91 Å². The Morgan fingerprint density at radius 2 is 1.84 bits per heavy atom. The molecule has 8 heteroatoms. The van der Waals surface area contributed by atoms with Gasteiger partial charge in [-0.2, -0.15) is 0 Å². The fourth-order valence-corrected chi connectivity index (χ4v) is 4.46. The van der Waals surface area contributed by atoms with Crippen molar-refractivity contribution in [3.63, 3.8) is 0 Å². The summed E-state index contributed by atoms with van der Waals surface area (Å²) in [5, 5.41) is 0.621. The number of benzene rings is 3. The van der Waals surface area contributed by atoms with Crippen LogP contribution in [0.1, 0.15) is 27.9 Å². The lowest BCUT2D eigenvalue weighted by atomic mass is 9.96. The van der Waals surface area contributed by atoms with Crippen molar-refractivity contribution in [2.45, 2.75) is 25.5 Å². The number of aryl methyl sites for hydroxylation is 1. The maximum atomic E-state index is 14.4. The van der Waals surface area contributed by atoms with Crippen molar-refractivity contribution in [1.29, 1.82) is 0 Å². The lowest BCUT2D eigenvalue weighted by molar-refractivity contribution is -0.152. The second-order valence-electron chi connectivity index (χ2n) is 9.35. The van der Waals surface area contributed by atoms with Gasteiger partial charge in [0.2, 0.25) is 5.91 Å². The van der Waals surface area contributed by atoms with Gasteiger partial charge in [0.1, 0.15) is 23.8 Å². The summed E-state index contributed by atoms with van der Waals surface area (Å²) in [6, 6.07) is 20.9. The predicted molar refractivity (Wildman–Crippen MR) is 140 cm³/mol.